The van der Waals surface area contributed by atoms with Crippen molar-refractivity contribution in [1.82, 2.24) is 9.78 Å². The van der Waals surface area contributed by atoms with Crippen LogP contribution >= 0.6 is 0 Å². The second-order valence-electron chi connectivity index (χ2n) is 4.75. The first-order chi connectivity index (χ1) is 9.68. The summed E-state index contributed by atoms with van der Waals surface area (Å²) >= 11 is 0. The van der Waals surface area contributed by atoms with Crippen LogP contribution in [-0.2, 0) is 16.0 Å². The van der Waals surface area contributed by atoms with E-state index in [1.54, 1.807) is 18.0 Å². The summed E-state index contributed by atoms with van der Waals surface area (Å²) in [7, 11) is 1.55. The second kappa shape index (κ2) is 6.37. The fourth-order valence-corrected chi connectivity index (χ4v) is 2.62. The number of ketones is 1. The molecule has 1 aromatic rings. The van der Waals surface area contributed by atoms with Gasteiger partial charge < -0.3 is 14.2 Å². The number of nitrogens with zero attached hydrogens (tertiary/aromatic N) is 2. The maximum atomic E-state index is 13.0. The van der Waals surface area contributed by atoms with E-state index in [0.29, 0.717) is 50.7 Å². The van der Waals surface area contributed by atoms with Crippen molar-refractivity contribution in [3.63, 3.8) is 0 Å². The number of aryl methyl sites for hydroxylation is 1. The van der Waals surface area contributed by atoms with Crippen molar-refractivity contribution in [2.45, 2.75) is 38.8 Å². The van der Waals surface area contributed by atoms with E-state index in [9.17, 15) is 4.79 Å². The Labute approximate surface area is 119 Å². The third-order valence-electron chi connectivity index (χ3n) is 3.68. The van der Waals surface area contributed by atoms with Crippen LogP contribution in [0.4, 0.5) is 0 Å². The van der Waals surface area contributed by atoms with Crippen LogP contribution in [0.15, 0.2) is 6.20 Å². The molecular weight excluding hydrogens is 260 g/mol. The number of Topliss-reactive ketones (excluding diaryl/α,β-unsaturated/α-hetero) is 1. The molecule has 0 aromatic carbocycles. The molecule has 1 saturated heterocycles. The molecule has 0 bridgehead atoms. The van der Waals surface area contributed by atoms with E-state index in [1.807, 2.05) is 13.8 Å². The number of rotatable bonds is 6. The Morgan fingerprint density at radius 1 is 1.45 bits per heavy atom. The van der Waals surface area contributed by atoms with Crippen molar-refractivity contribution in [2.75, 3.05) is 26.9 Å². The molecule has 6 nitrogen and oxygen atoms in total. The highest BCUT2D eigenvalue weighted by Crippen LogP contribution is 2.32. The standard InChI is InChI=1S/C14H22N2O4/c1-4-16-12(11(18-3)10-15-16)13(17)14(20-5-2)6-8-19-9-7-14/h10H,4-9H2,1-3H3. The largest absolute Gasteiger partial charge is 0.493 e. The Hall–Kier alpha value is -1.40. The van der Waals surface area contributed by atoms with Crippen LogP contribution < -0.4 is 4.74 Å². The molecule has 1 aliphatic rings. The summed E-state index contributed by atoms with van der Waals surface area (Å²) < 4.78 is 18.1. The van der Waals surface area contributed by atoms with Gasteiger partial charge in [-0.1, -0.05) is 0 Å². The monoisotopic (exact) mass is 282 g/mol. The van der Waals surface area contributed by atoms with Crippen LogP contribution in [-0.4, -0.2) is 48.1 Å². The topological polar surface area (TPSA) is 62.6 Å². The molecule has 2 rings (SSSR count). The molecule has 0 atom stereocenters. The van der Waals surface area contributed by atoms with E-state index in [4.69, 9.17) is 14.2 Å². The SMILES string of the molecule is CCOC1(C(=O)c2c(OC)cnn2CC)CCOCC1. The van der Waals surface area contributed by atoms with Gasteiger partial charge in [-0.05, 0) is 13.8 Å². The van der Waals surface area contributed by atoms with Crippen molar-refractivity contribution in [2.24, 2.45) is 0 Å². The van der Waals surface area contributed by atoms with Crippen LogP contribution in [0.25, 0.3) is 0 Å². The quantitative estimate of drug-likeness (QED) is 0.743. The number of carbonyl (C=O) groups excluding carboxylic acids is 1. The number of hydrogen-bond acceptors (Lipinski definition) is 5. The van der Waals surface area contributed by atoms with Gasteiger partial charge in [0.25, 0.3) is 0 Å². The molecule has 0 radical (unpaired) electrons. The highest BCUT2D eigenvalue weighted by atomic mass is 16.5. The molecule has 0 saturated carbocycles. The average molecular weight is 282 g/mol. The predicted octanol–water partition coefficient (Wildman–Crippen LogP) is 1.68. The maximum Gasteiger partial charge on any atom is 0.216 e. The molecule has 2 heterocycles. The van der Waals surface area contributed by atoms with Gasteiger partial charge in [-0.25, -0.2) is 0 Å². The summed E-state index contributed by atoms with van der Waals surface area (Å²) in [6, 6.07) is 0. The van der Waals surface area contributed by atoms with Crippen molar-refractivity contribution in [3.8, 4) is 5.75 Å². The fraction of sp³-hybridized carbons (Fsp3) is 0.714. The summed E-state index contributed by atoms with van der Waals surface area (Å²) in [6.07, 6.45) is 2.71. The Bertz CT molecular complexity index is 437. The molecule has 0 amide bonds. The van der Waals surface area contributed by atoms with Crippen molar-refractivity contribution in [3.05, 3.63) is 11.9 Å². The van der Waals surface area contributed by atoms with Crippen LogP contribution in [0.5, 0.6) is 5.75 Å². The highest BCUT2D eigenvalue weighted by molar-refractivity contribution is 6.03. The zero-order valence-electron chi connectivity index (χ0n) is 12.3. The minimum Gasteiger partial charge on any atom is -0.493 e. The lowest BCUT2D eigenvalue weighted by Gasteiger charge is -2.35. The molecule has 112 valence electrons. The van der Waals surface area contributed by atoms with E-state index in [1.165, 1.54) is 0 Å². The van der Waals surface area contributed by atoms with E-state index in [-0.39, 0.29) is 5.78 Å². The van der Waals surface area contributed by atoms with Gasteiger partial charge in [0, 0.05) is 39.2 Å². The van der Waals surface area contributed by atoms with Crippen LogP contribution in [0, 0.1) is 0 Å². The van der Waals surface area contributed by atoms with Crippen molar-refractivity contribution in [1.29, 1.82) is 0 Å². The summed E-state index contributed by atoms with van der Waals surface area (Å²) in [6.45, 7) is 6.03. The number of carbonyl (C=O) groups is 1. The van der Waals surface area contributed by atoms with Gasteiger partial charge in [-0.15, -0.1) is 0 Å². The van der Waals surface area contributed by atoms with Gasteiger partial charge >= 0.3 is 0 Å². The molecule has 0 N–H and O–H groups in total. The Balaban J connectivity index is 2.38. The van der Waals surface area contributed by atoms with E-state index < -0.39 is 5.60 Å². The van der Waals surface area contributed by atoms with E-state index in [2.05, 4.69) is 5.10 Å². The van der Waals surface area contributed by atoms with E-state index >= 15 is 0 Å². The number of aromatic nitrogens is 2. The summed E-state index contributed by atoms with van der Waals surface area (Å²) in [5.41, 5.74) is -0.321. The molecule has 0 aliphatic carbocycles. The number of ether oxygens (including phenoxy) is 3. The third-order valence-corrected chi connectivity index (χ3v) is 3.68. The molecule has 0 spiro atoms. The highest BCUT2D eigenvalue weighted by Gasteiger charge is 2.43. The van der Waals surface area contributed by atoms with Crippen molar-refractivity contribution < 1.29 is 19.0 Å². The van der Waals surface area contributed by atoms with Gasteiger partial charge in [0.1, 0.15) is 11.3 Å². The van der Waals surface area contributed by atoms with Gasteiger partial charge in [-0.2, -0.15) is 5.10 Å². The van der Waals surface area contributed by atoms with Gasteiger partial charge in [0.05, 0.1) is 13.3 Å². The Morgan fingerprint density at radius 3 is 2.70 bits per heavy atom. The van der Waals surface area contributed by atoms with Crippen LogP contribution in [0.2, 0.25) is 0 Å². The minimum atomic E-state index is -0.812. The van der Waals surface area contributed by atoms with Gasteiger partial charge in [0.15, 0.2) is 5.75 Å². The predicted molar refractivity (Wildman–Crippen MR) is 73.2 cm³/mol. The maximum absolute atomic E-state index is 13.0. The Kier molecular flexibility index (Phi) is 4.77. The molecule has 1 aliphatic heterocycles. The zero-order chi connectivity index (χ0) is 14.6. The summed E-state index contributed by atoms with van der Waals surface area (Å²) in [5, 5.41) is 4.20. The molecule has 0 unspecified atom stereocenters. The normalized spacial score (nSPS) is 17.9. The van der Waals surface area contributed by atoms with Crippen LogP contribution in [0.3, 0.4) is 0 Å². The second-order valence-corrected chi connectivity index (χ2v) is 4.75. The molecule has 6 heteroatoms. The lowest BCUT2D eigenvalue weighted by molar-refractivity contribution is -0.0827. The lowest BCUT2D eigenvalue weighted by Crippen LogP contribution is -2.47. The molecular formula is C14H22N2O4. The average Bonchev–Trinajstić information content (AvgIpc) is 2.90. The van der Waals surface area contributed by atoms with Crippen LogP contribution in [0.1, 0.15) is 37.2 Å². The van der Waals surface area contributed by atoms with E-state index in [0.717, 1.165) is 0 Å². The molecule has 1 aromatic heterocycles. The molecule has 20 heavy (non-hydrogen) atoms. The summed E-state index contributed by atoms with van der Waals surface area (Å²) in [5.74, 6) is 0.446. The molecule has 1 fully saturated rings. The van der Waals surface area contributed by atoms with Gasteiger partial charge in [-0.3, -0.25) is 9.48 Å². The number of methoxy groups -OCH3 is 1. The first-order valence-electron chi connectivity index (χ1n) is 7.04. The van der Waals surface area contributed by atoms with Crippen molar-refractivity contribution >= 4 is 5.78 Å². The van der Waals surface area contributed by atoms with Gasteiger partial charge in [0.2, 0.25) is 5.78 Å². The zero-order valence-corrected chi connectivity index (χ0v) is 12.3. The fourth-order valence-electron chi connectivity index (χ4n) is 2.62. The summed E-state index contributed by atoms with van der Waals surface area (Å²) in [4.78, 5) is 13.0. The lowest BCUT2D eigenvalue weighted by atomic mass is 9.87. The third kappa shape index (κ3) is 2.58. The number of hydrogen-bond donors (Lipinski definition) is 0. The first-order valence-corrected chi connectivity index (χ1v) is 7.04. The minimum absolute atomic E-state index is 0.0566. The first kappa shape index (κ1) is 15.0. The smallest absolute Gasteiger partial charge is 0.216 e. The Morgan fingerprint density at radius 2 is 2.15 bits per heavy atom.